The van der Waals surface area contributed by atoms with Gasteiger partial charge in [-0.3, -0.25) is 4.79 Å². The fourth-order valence-electron chi connectivity index (χ4n) is 1.59. The molecule has 0 radical (unpaired) electrons. The van der Waals surface area contributed by atoms with Crippen LogP contribution in [0.4, 0.5) is 0 Å². The molecular formula is C15H21N3O. The van der Waals surface area contributed by atoms with E-state index in [0.29, 0.717) is 12.1 Å². The van der Waals surface area contributed by atoms with Crippen LogP contribution in [0, 0.1) is 18.8 Å². The summed E-state index contributed by atoms with van der Waals surface area (Å²) in [5, 5.41) is 2.89. The molecule has 1 aromatic rings. The fraction of sp³-hybridized carbons (Fsp3) is 0.400. The third-order valence-electron chi connectivity index (χ3n) is 2.59. The van der Waals surface area contributed by atoms with Gasteiger partial charge >= 0.3 is 0 Å². The Bertz CT molecular complexity index is 498. The highest BCUT2D eigenvalue weighted by Gasteiger charge is 2.10. The van der Waals surface area contributed by atoms with Crippen molar-refractivity contribution in [2.24, 2.45) is 5.73 Å². The molecule has 0 unspecified atom stereocenters. The van der Waals surface area contributed by atoms with Crippen LogP contribution in [0.15, 0.2) is 18.2 Å². The van der Waals surface area contributed by atoms with Crippen LogP contribution in [0.25, 0.3) is 0 Å². The quantitative estimate of drug-likeness (QED) is 0.778. The lowest BCUT2D eigenvalue weighted by Gasteiger charge is -2.11. The van der Waals surface area contributed by atoms with E-state index in [0.717, 1.165) is 17.7 Å². The Hall–Kier alpha value is -1.83. The highest BCUT2D eigenvalue weighted by Crippen LogP contribution is 2.10. The maximum absolute atomic E-state index is 12.1. The summed E-state index contributed by atoms with van der Waals surface area (Å²) in [4.78, 5) is 14.2. The second kappa shape index (κ2) is 7.57. The molecule has 1 aromatic carbocycles. The maximum atomic E-state index is 12.1. The van der Waals surface area contributed by atoms with Crippen LogP contribution >= 0.6 is 0 Å². The number of nitrogens with two attached hydrogens (primary N) is 1. The Morgan fingerprint density at radius 3 is 2.79 bits per heavy atom. The van der Waals surface area contributed by atoms with E-state index in [4.69, 9.17) is 5.73 Å². The summed E-state index contributed by atoms with van der Waals surface area (Å²) in [6.07, 6.45) is 0. The number of hydrogen-bond donors (Lipinski definition) is 2. The molecule has 3 N–H and O–H groups in total. The first-order valence-corrected chi connectivity index (χ1v) is 6.27. The van der Waals surface area contributed by atoms with Crippen LogP contribution in [0.1, 0.15) is 21.5 Å². The van der Waals surface area contributed by atoms with Crippen molar-refractivity contribution < 1.29 is 4.79 Å². The van der Waals surface area contributed by atoms with Gasteiger partial charge in [-0.15, -0.1) is 0 Å². The molecular weight excluding hydrogens is 238 g/mol. The molecule has 0 aliphatic carbocycles. The lowest BCUT2D eigenvalue weighted by molar-refractivity contribution is 0.0950. The van der Waals surface area contributed by atoms with E-state index in [1.54, 1.807) is 0 Å². The van der Waals surface area contributed by atoms with Crippen LogP contribution in [-0.4, -0.2) is 44.5 Å². The maximum Gasteiger partial charge on any atom is 0.252 e. The minimum absolute atomic E-state index is 0.0909. The predicted molar refractivity (Wildman–Crippen MR) is 78.0 cm³/mol. The summed E-state index contributed by atoms with van der Waals surface area (Å²) in [5.74, 6) is 5.63. The summed E-state index contributed by atoms with van der Waals surface area (Å²) in [5.41, 5.74) is 7.74. The highest BCUT2D eigenvalue weighted by atomic mass is 16.1. The van der Waals surface area contributed by atoms with Gasteiger partial charge in [-0.2, -0.15) is 0 Å². The van der Waals surface area contributed by atoms with E-state index in [1.165, 1.54) is 0 Å². The summed E-state index contributed by atoms with van der Waals surface area (Å²) in [7, 11) is 3.94. The Kier molecular flexibility index (Phi) is 6.07. The molecule has 0 aliphatic heterocycles. The van der Waals surface area contributed by atoms with Gasteiger partial charge < -0.3 is 16.0 Å². The molecule has 0 saturated heterocycles. The summed E-state index contributed by atoms with van der Waals surface area (Å²) >= 11 is 0. The molecule has 0 aromatic heterocycles. The Morgan fingerprint density at radius 1 is 1.42 bits per heavy atom. The van der Waals surface area contributed by atoms with E-state index < -0.39 is 0 Å². The minimum atomic E-state index is -0.0909. The number of carbonyl (C=O) groups is 1. The Labute approximate surface area is 115 Å². The molecule has 102 valence electrons. The second-order valence-electron chi connectivity index (χ2n) is 4.61. The molecule has 0 aliphatic rings. The van der Waals surface area contributed by atoms with Gasteiger partial charge in [-0.05, 0) is 33.2 Å². The second-order valence-corrected chi connectivity index (χ2v) is 4.61. The molecule has 1 rings (SSSR count). The van der Waals surface area contributed by atoms with E-state index in [9.17, 15) is 4.79 Å². The van der Waals surface area contributed by atoms with E-state index in [-0.39, 0.29) is 12.5 Å². The number of likely N-dealkylation sites (N-methyl/N-ethyl adjacent to an activating group) is 1. The first-order valence-electron chi connectivity index (χ1n) is 6.27. The van der Waals surface area contributed by atoms with Crippen LogP contribution in [0.2, 0.25) is 0 Å². The van der Waals surface area contributed by atoms with Crippen molar-refractivity contribution in [3.8, 4) is 11.8 Å². The number of amides is 1. The topological polar surface area (TPSA) is 58.4 Å². The predicted octanol–water partition coefficient (Wildman–Crippen LogP) is 0.597. The smallest absolute Gasteiger partial charge is 0.252 e. The molecule has 4 nitrogen and oxygen atoms in total. The van der Waals surface area contributed by atoms with Crippen molar-refractivity contribution in [2.75, 3.05) is 33.7 Å². The first-order chi connectivity index (χ1) is 9.04. The molecule has 0 bridgehead atoms. The third kappa shape index (κ3) is 5.12. The van der Waals surface area contributed by atoms with Crippen molar-refractivity contribution in [3.05, 3.63) is 34.9 Å². The average Bonchev–Trinajstić information content (AvgIpc) is 2.36. The van der Waals surface area contributed by atoms with Crippen LogP contribution < -0.4 is 11.1 Å². The number of benzene rings is 1. The number of aryl methyl sites for hydroxylation is 1. The lowest BCUT2D eigenvalue weighted by Crippen LogP contribution is -2.31. The normalized spacial score (nSPS) is 9.95. The van der Waals surface area contributed by atoms with Gasteiger partial charge in [0.25, 0.3) is 5.91 Å². The van der Waals surface area contributed by atoms with Crippen LogP contribution in [0.3, 0.4) is 0 Å². The largest absolute Gasteiger partial charge is 0.351 e. The summed E-state index contributed by atoms with van der Waals surface area (Å²) in [6.45, 7) is 3.66. The first kappa shape index (κ1) is 15.2. The monoisotopic (exact) mass is 259 g/mol. The van der Waals surface area contributed by atoms with E-state index in [1.807, 2.05) is 44.1 Å². The zero-order valence-corrected chi connectivity index (χ0v) is 11.8. The van der Waals surface area contributed by atoms with Gasteiger partial charge in [0, 0.05) is 18.7 Å². The molecule has 0 heterocycles. The summed E-state index contributed by atoms with van der Waals surface area (Å²) < 4.78 is 0. The lowest BCUT2D eigenvalue weighted by atomic mass is 10.0. The zero-order valence-electron chi connectivity index (χ0n) is 11.8. The number of rotatable bonds is 4. The van der Waals surface area contributed by atoms with Crippen LogP contribution in [0.5, 0.6) is 0 Å². The van der Waals surface area contributed by atoms with Crippen molar-refractivity contribution in [1.29, 1.82) is 0 Å². The third-order valence-corrected chi connectivity index (χ3v) is 2.59. The standard InChI is InChI=1S/C15H21N3O/c1-12-6-7-13(5-4-8-16)14(11-12)15(19)17-9-10-18(2)3/h6-7,11H,8-10,16H2,1-3H3,(H,17,19). The van der Waals surface area contributed by atoms with Crippen molar-refractivity contribution in [2.45, 2.75) is 6.92 Å². The number of nitrogens with zero attached hydrogens (tertiary/aromatic N) is 1. The minimum Gasteiger partial charge on any atom is -0.351 e. The molecule has 1 amide bonds. The van der Waals surface area contributed by atoms with Gasteiger partial charge in [0.2, 0.25) is 0 Å². The molecule has 0 saturated carbocycles. The van der Waals surface area contributed by atoms with Crippen molar-refractivity contribution in [3.63, 3.8) is 0 Å². The summed E-state index contributed by atoms with van der Waals surface area (Å²) in [6, 6.07) is 5.65. The average molecular weight is 259 g/mol. The van der Waals surface area contributed by atoms with Crippen molar-refractivity contribution in [1.82, 2.24) is 10.2 Å². The Balaban J connectivity index is 2.85. The fourth-order valence-corrected chi connectivity index (χ4v) is 1.59. The van der Waals surface area contributed by atoms with Gasteiger partial charge in [0.1, 0.15) is 0 Å². The molecule has 19 heavy (non-hydrogen) atoms. The molecule has 0 atom stereocenters. The van der Waals surface area contributed by atoms with E-state index >= 15 is 0 Å². The number of carbonyl (C=O) groups excluding carboxylic acids is 1. The molecule has 4 heteroatoms. The molecule has 0 spiro atoms. The van der Waals surface area contributed by atoms with Crippen molar-refractivity contribution >= 4 is 5.91 Å². The van der Waals surface area contributed by atoms with E-state index in [2.05, 4.69) is 17.2 Å². The van der Waals surface area contributed by atoms with Gasteiger partial charge in [0.05, 0.1) is 12.1 Å². The SMILES string of the molecule is Cc1ccc(C#CCN)c(C(=O)NCCN(C)C)c1. The van der Waals surface area contributed by atoms with Gasteiger partial charge in [-0.1, -0.05) is 23.5 Å². The zero-order chi connectivity index (χ0) is 14.3. The van der Waals surface area contributed by atoms with Gasteiger partial charge in [-0.25, -0.2) is 0 Å². The number of nitrogens with one attached hydrogen (secondary N) is 1. The van der Waals surface area contributed by atoms with Crippen LogP contribution in [-0.2, 0) is 0 Å². The number of hydrogen-bond acceptors (Lipinski definition) is 3. The molecule has 0 fully saturated rings. The Morgan fingerprint density at radius 2 is 2.16 bits per heavy atom. The van der Waals surface area contributed by atoms with Gasteiger partial charge in [0.15, 0.2) is 0 Å². The highest BCUT2D eigenvalue weighted by molar-refractivity contribution is 5.96.